The molecule has 292 valence electrons. The standard InChI is InChI=1S/C43H44ClN3O7S2/c1-3-46(4-2)56(52,53)37-22-15-31(16-23-37)30-55(50,51)45-27-25-41-38(26-28-54-36-20-17-34(18-21-36)43(48)49)39-29-35(44)19-24-40(39)47(41)42(32-11-7-5-8-12-32)33-13-9-6-10-14-33/h5-24,29,42,45H,3-4,25-28,30H2,1-2H3,(H,48,49). The van der Waals surface area contributed by atoms with Crippen LogP contribution in [0.3, 0.4) is 0 Å². The first-order valence-electron chi connectivity index (χ1n) is 18.4. The van der Waals surface area contributed by atoms with E-state index < -0.39 is 26.0 Å². The lowest BCUT2D eigenvalue weighted by molar-refractivity contribution is 0.0696. The van der Waals surface area contributed by atoms with Crippen molar-refractivity contribution in [3.05, 3.63) is 166 Å². The van der Waals surface area contributed by atoms with E-state index >= 15 is 0 Å². The number of fused-ring (bicyclic) bond motifs is 1. The first kappa shape index (κ1) is 40.7. The van der Waals surface area contributed by atoms with Gasteiger partial charge in [0.25, 0.3) is 0 Å². The fourth-order valence-corrected chi connectivity index (χ4v) is 9.82. The van der Waals surface area contributed by atoms with Gasteiger partial charge in [-0.25, -0.2) is 26.4 Å². The summed E-state index contributed by atoms with van der Waals surface area (Å²) in [6, 6.07) is 37.9. The van der Waals surface area contributed by atoms with Crippen molar-refractivity contribution in [3.63, 3.8) is 0 Å². The van der Waals surface area contributed by atoms with Gasteiger partial charge in [0.05, 0.1) is 28.9 Å². The Morgan fingerprint density at radius 3 is 1.98 bits per heavy atom. The summed E-state index contributed by atoms with van der Waals surface area (Å²) in [5.74, 6) is -0.821. The molecule has 6 rings (SSSR count). The highest BCUT2D eigenvalue weighted by atomic mass is 35.5. The van der Waals surface area contributed by atoms with Crippen molar-refractivity contribution in [3.8, 4) is 5.75 Å². The van der Waals surface area contributed by atoms with Crippen molar-refractivity contribution < 1.29 is 31.5 Å². The third-order valence-corrected chi connectivity index (χ3v) is 13.4. The largest absolute Gasteiger partial charge is 0.493 e. The second kappa shape index (κ2) is 17.9. The molecule has 6 aromatic rings. The molecular formula is C43H44ClN3O7S2. The highest BCUT2D eigenvalue weighted by Crippen LogP contribution is 2.38. The summed E-state index contributed by atoms with van der Waals surface area (Å²) in [6.45, 7) is 4.55. The molecule has 0 aliphatic rings. The second-order valence-corrected chi connectivity index (χ2v) is 17.4. The Kier molecular flexibility index (Phi) is 13.0. The number of hydrogen-bond acceptors (Lipinski definition) is 6. The van der Waals surface area contributed by atoms with Gasteiger partial charge in [0.15, 0.2) is 0 Å². The fraction of sp³-hybridized carbons (Fsp3) is 0.233. The molecule has 5 aromatic carbocycles. The maximum atomic E-state index is 13.5. The zero-order valence-corrected chi connectivity index (χ0v) is 33.5. The molecule has 0 aliphatic heterocycles. The molecule has 0 aliphatic carbocycles. The molecule has 1 heterocycles. The number of aromatic carboxylic acids is 1. The van der Waals surface area contributed by atoms with Crippen LogP contribution < -0.4 is 9.46 Å². The van der Waals surface area contributed by atoms with Gasteiger partial charge in [0.2, 0.25) is 20.0 Å². The molecule has 10 nitrogen and oxygen atoms in total. The Balaban J connectivity index is 1.33. The van der Waals surface area contributed by atoms with Crippen molar-refractivity contribution >= 4 is 48.5 Å². The number of carbonyl (C=O) groups is 1. The molecule has 13 heteroatoms. The number of hydrogen-bond donors (Lipinski definition) is 2. The molecule has 2 N–H and O–H groups in total. The van der Waals surface area contributed by atoms with Crippen LogP contribution in [0.25, 0.3) is 10.9 Å². The monoisotopic (exact) mass is 813 g/mol. The highest BCUT2D eigenvalue weighted by molar-refractivity contribution is 7.89. The van der Waals surface area contributed by atoms with E-state index in [4.69, 9.17) is 16.3 Å². The summed E-state index contributed by atoms with van der Waals surface area (Å²) in [4.78, 5) is 11.5. The molecule has 0 bridgehead atoms. The number of carboxylic acids is 1. The molecule has 0 amide bonds. The van der Waals surface area contributed by atoms with E-state index in [1.165, 1.54) is 40.7 Å². The third-order valence-electron chi connectivity index (χ3n) is 9.70. The molecule has 0 spiro atoms. The molecule has 0 saturated carbocycles. The Labute approximate surface area is 333 Å². The summed E-state index contributed by atoms with van der Waals surface area (Å²) >= 11 is 6.63. The van der Waals surface area contributed by atoms with E-state index in [9.17, 15) is 26.7 Å². The Bertz CT molecular complexity index is 2450. The number of ether oxygens (including phenoxy) is 1. The molecule has 0 radical (unpaired) electrons. The first-order chi connectivity index (χ1) is 26.9. The van der Waals surface area contributed by atoms with Crippen molar-refractivity contribution in [2.75, 3.05) is 26.2 Å². The van der Waals surface area contributed by atoms with E-state index in [1.807, 2.05) is 54.6 Å². The average Bonchev–Trinajstić information content (AvgIpc) is 3.47. The van der Waals surface area contributed by atoms with E-state index in [-0.39, 0.29) is 35.4 Å². The second-order valence-electron chi connectivity index (χ2n) is 13.2. The minimum Gasteiger partial charge on any atom is -0.493 e. The van der Waals surface area contributed by atoms with Gasteiger partial charge in [-0.2, -0.15) is 4.31 Å². The Morgan fingerprint density at radius 1 is 0.804 bits per heavy atom. The average molecular weight is 814 g/mol. The van der Waals surface area contributed by atoms with E-state index in [2.05, 4.69) is 33.6 Å². The van der Waals surface area contributed by atoms with Gasteiger partial charge < -0.3 is 14.4 Å². The SMILES string of the molecule is CCN(CC)S(=O)(=O)c1ccc(CS(=O)(=O)NCCc2c(CCOc3ccc(C(=O)O)cc3)c3cc(Cl)ccc3n2C(c2ccccc2)c2ccccc2)cc1. The Hall–Kier alpha value is -4.98. The number of nitrogens with zero attached hydrogens (tertiary/aromatic N) is 2. The van der Waals surface area contributed by atoms with Crippen LogP contribution >= 0.6 is 11.6 Å². The van der Waals surface area contributed by atoms with E-state index in [0.717, 1.165) is 33.3 Å². The zero-order valence-electron chi connectivity index (χ0n) is 31.1. The quantitative estimate of drug-likeness (QED) is 0.0900. The third kappa shape index (κ3) is 9.34. The molecule has 0 unspecified atom stereocenters. The number of nitrogens with one attached hydrogen (secondary N) is 1. The molecule has 0 atom stereocenters. The van der Waals surface area contributed by atoms with Gasteiger partial charge in [-0.1, -0.05) is 98.2 Å². The van der Waals surface area contributed by atoms with Gasteiger partial charge in [-0.3, -0.25) is 0 Å². The maximum absolute atomic E-state index is 13.5. The number of rotatable bonds is 18. The number of halogens is 1. The van der Waals surface area contributed by atoms with Crippen molar-refractivity contribution in [2.45, 2.75) is 43.4 Å². The number of benzene rings is 5. The summed E-state index contributed by atoms with van der Waals surface area (Å²) < 4.78 is 65.5. The van der Waals surface area contributed by atoms with Crippen LogP contribution in [-0.4, -0.2) is 63.0 Å². The topological polar surface area (TPSA) is 135 Å². The van der Waals surface area contributed by atoms with Crippen molar-refractivity contribution in [2.24, 2.45) is 0 Å². The molecule has 0 saturated heterocycles. The normalized spacial score (nSPS) is 12.1. The van der Waals surface area contributed by atoms with Crippen LogP contribution in [-0.2, 0) is 38.6 Å². The van der Waals surface area contributed by atoms with E-state index in [0.29, 0.717) is 42.3 Å². The number of carboxylic acid groups (broad SMARTS) is 1. The predicted octanol–water partition coefficient (Wildman–Crippen LogP) is 7.94. The molecule has 1 aromatic heterocycles. The van der Waals surface area contributed by atoms with Crippen LogP contribution in [0.5, 0.6) is 5.75 Å². The zero-order chi connectivity index (χ0) is 39.9. The van der Waals surface area contributed by atoms with Gasteiger partial charge >= 0.3 is 5.97 Å². The fourth-order valence-electron chi connectivity index (χ4n) is 7.04. The molecular weight excluding hydrogens is 770 g/mol. The molecule has 0 fully saturated rings. The van der Waals surface area contributed by atoms with Crippen LogP contribution in [0.2, 0.25) is 5.02 Å². The lowest BCUT2D eigenvalue weighted by Gasteiger charge is -2.25. The molecule has 56 heavy (non-hydrogen) atoms. The lowest BCUT2D eigenvalue weighted by Crippen LogP contribution is -2.30. The van der Waals surface area contributed by atoms with Crippen LogP contribution in [0.1, 0.15) is 58.2 Å². The van der Waals surface area contributed by atoms with Gasteiger partial charge in [-0.05, 0) is 76.9 Å². The first-order valence-corrected chi connectivity index (χ1v) is 21.8. The van der Waals surface area contributed by atoms with Crippen molar-refractivity contribution in [1.82, 2.24) is 13.6 Å². The smallest absolute Gasteiger partial charge is 0.335 e. The number of sulfonamides is 2. The summed E-state index contributed by atoms with van der Waals surface area (Å²) in [5, 5.41) is 10.8. The van der Waals surface area contributed by atoms with Crippen molar-refractivity contribution in [1.29, 1.82) is 0 Å². The van der Waals surface area contributed by atoms with Gasteiger partial charge in [0.1, 0.15) is 5.75 Å². The van der Waals surface area contributed by atoms with Crippen LogP contribution in [0, 0.1) is 0 Å². The van der Waals surface area contributed by atoms with Crippen LogP contribution in [0.4, 0.5) is 0 Å². The van der Waals surface area contributed by atoms with E-state index in [1.54, 1.807) is 26.0 Å². The highest BCUT2D eigenvalue weighted by Gasteiger charge is 2.26. The minimum absolute atomic E-state index is 0.0849. The minimum atomic E-state index is -3.84. The predicted molar refractivity (Wildman–Crippen MR) is 221 cm³/mol. The maximum Gasteiger partial charge on any atom is 0.335 e. The Morgan fingerprint density at radius 2 is 1.41 bits per heavy atom. The summed E-state index contributed by atoms with van der Waals surface area (Å²) in [7, 11) is -7.51. The van der Waals surface area contributed by atoms with Crippen LogP contribution in [0.15, 0.2) is 132 Å². The number of aromatic nitrogens is 1. The van der Waals surface area contributed by atoms with Gasteiger partial charge in [0, 0.05) is 54.1 Å². The lowest BCUT2D eigenvalue weighted by atomic mass is 9.97. The summed E-state index contributed by atoms with van der Waals surface area (Å²) in [5.41, 5.74) is 5.48. The summed E-state index contributed by atoms with van der Waals surface area (Å²) in [6.07, 6.45) is 0.775. The van der Waals surface area contributed by atoms with Gasteiger partial charge in [-0.15, -0.1) is 0 Å².